The van der Waals surface area contributed by atoms with E-state index in [1.165, 1.54) is 6.07 Å². The van der Waals surface area contributed by atoms with Crippen molar-refractivity contribution in [1.82, 2.24) is 0 Å². The van der Waals surface area contributed by atoms with E-state index in [1.807, 2.05) is 0 Å². The molecule has 1 fully saturated rings. The number of sulfonamides is 1. The molecule has 1 heterocycles. The smallest absolute Gasteiger partial charge is 0.264 e. The highest BCUT2D eigenvalue weighted by Crippen LogP contribution is 2.32. The third-order valence-corrected chi connectivity index (χ3v) is 6.49. The van der Waals surface area contributed by atoms with E-state index in [9.17, 15) is 13.2 Å². The van der Waals surface area contributed by atoms with Crippen LogP contribution in [0, 0.1) is 5.92 Å². The molecule has 2 aromatic rings. The third-order valence-electron chi connectivity index (χ3n) is 5.08. The molecule has 8 heteroatoms. The number of methoxy groups -OCH3 is 1. The Hall–Kier alpha value is -2.74. The second kappa shape index (κ2) is 9.38. The van der Waals surface area contributed by atoms with Crippen molar-refractivity contribution in [3.8, 4) is 5.75 Å². The number of nitrogens with zero attached hydrogens (tertiary/aromatic N) is 1. The van der Waals surface area contributed by atoms with Crippen LogP contribution in [0.2, 0.25) is 0 Å². The Bertz CT molecular complexity index is 982. The number of nitrogens with one attached hydrogen (secondary N) is 2. The first-order valence-corrected chi connectivity index (χ1v) is 11.7. The first-order chi connectivity index (χ1) is 14.3. The summed E-state index contributed by atoms with van der Waals surface area (Å²) >= 11 is 0. The average molecular weight is 432 g/mol. The van der Waals surface area contributed by atoms with E-state index in [1.54, 1.807) is 57.4 Å². The lowest BCUT2D eigenvalue weighted by molar-refractivity contribution is -0.118. The third kappa shape index (κ3) is 5.24. The molecule has 0 aliphatic carbocycles. The summed E-state index contributed by atoms with van der Waals surface area (Å²) in [5.41, 5.74) is 1.56. The number of rotatable bonds is 7. The van der Waals surface area contributed by atoms with E-state index in [-0.39, 0.29) is 16.7 Å². The van der Waals surface area contributed by atoms with Gasteiger partial charge in [-0.25, -0.2) is 8.42 Å². The first kappa shape index (κ1) is 22.0. The maximum atomic E-state index is 13.3. The topological polar surface area (TPSA) is 87.7 Å². The molecule has 7 nitrogen and oxygen atoms in total. The van der Waals surface area contributed by atoms with Crippen molar-refractivity contribution in [3.05, 3.63) is 42.5 Å². The first-order valence-electron chi connectivity index (χ1n) is 10.2. The number of benzene rings is 2. The fourth-order valence-electron chi connectivity index (χ4n) is 3.36. The van der Waals surface area contributed by atoms with Crippen LogP contribution in [0.5, 0.6) is 5.75 Å². The summed E-state index contributed by atoms with van der Waals surface area (Å²) in [5.74, 6) is 0.279. The number of ether oxygens (including phenoxy) is 1. The second-order valence-corrected chi connectivity index (χ2v) is 9.36. The van der Waals surface area contributed by atoms with Gasteiger partial charge < -0.3 is 15.0 Å². The summed E-state index contributed by atoms with van der Waals surface area (Å²) < 4.78 is 34.4. The summed E-state index contributed by atoms with van der Waals surface area (Å²) in [4.78, 5) is 14.4. The molecule has 0 bridgehead atoms. The second-order valence-electron chi connectivity index (χ2n) is 7.71. The number of amides is 1. The lowest BCUT2D eigenvalue weighted by atomic mass is 10.1. The SMILES string of the molecule is COc1ccc(NS(=O)(=O)c2cc(NC(=O)C(C)C)ccc2N2CCCCC2)cc1. The molecule has 1 amide bonds. The molecule has 3 rings (SSSR count). The zero-order chi connectivity index (χ0) is 21.7. The number of piperidine rings is 1. The van der Waals surface area contributed by atoms with E-state index >= 15 is 0 Å². The molecule has 0 saturated carbocycles. The summed E-state index contributed by atoms with van der Waals surface area (Å²) in [5, 5.41) is 2.80. The van der Waals surface area contributed by atoms with E-state index in [2.05, 4.69) is 14.9 Å². The quantitative estimate of drug-likeness (QED) is 0.690. The van der Waals surface area contributed by atoms with Gasteiger partial charge in [-0.05, 0) is 61.7 Å². The maximum Gasteiger partial charge on any atom is 0.264 e. The van der Waals surface area contributed by atoms with Gasteiger partial charge in [0.2, 0.25) is 5.91 Å². The Morgan fingerprint density at radius 3 is 2.23 bits per heavy atom. The number of anilines is 3. The molecular formula is C22H29N3O4S. The number of carbonyl (C=O) groups excluding carboxylic acids is 1. The summed E-state index contributed by atoms with van der Waals surface area (Å²) in [6.45, 7) is 5.20. The number of hydrogen-bond acceptors (Lipinski definition) is 5. The van der Waals surface area contributed by atoms with Gasteiger partial charge in [-0.1, -0.05) is 13.8 Å². The summed E-state index contributed by atoms with van der Waals surface area (Å²) in [7, 11) is -2.32. The Morgan fingerprint density at radius 2 is 1.63 bits per heavy atom. The van der Waals surface area contributed by atoms with E-state index in [4.69, 9.17) is 4.74 Å². The Morgan fingerprint density at radius 1 is 1.00 bits per heavy atom. The molecule has 0 aromatic heterocycles. The van der Waals surface area contributed by atoms with Crippen molar-refractivity contribution in [2.24, 2.45) is 5.92 Å². The highest BCUT2D eigenvalue weighted by Gasteiger charge is 2.24. The van der Waals surface area contributed by atoms with Crippen molar-refractivity contribution in [2.45, 2.75) is 38.0 Å². The maximum absolute atomic E-state index is 13.3. The molecule has 1 saturated heterocycles. The van der Waals surface area contributed by atoms with E-state index < -0.39 is 10.0 Å². The van der Waals surface area contributed by atoms with Crippen molar-refractivity contribution in [3.63, 3.8) is 0 Å². The fraction of sp³-hybridized carbons (Fsp3) is 0.409. The fourth-order valence-corrected chi connectivity index (χ4v) is 4.67. The minimum absolute atomic E-state index is 0.154. The molecule has 0 radical (unpaired) electrons. The standard InChI is InChI=1S/C22H29N3O4S/c1-16(2)22(26)23-18-9-12-20(25-13-5-4-6-14-25)21(15-18)30(27,28)24-17-7-10-19(29-3)11-8-17/h7-12,15-16,24H,4-6,13-14H2,1-3H3,(H,23,26). The monoisotopic (exact) mass is 431 g/mol. The van der Waals surface area contributed by atoms with Crippen molar-refractivity contribution >= 4 is 33.0 Å². The molecule has 0 unspecified atom stereocenters. The average Bonchev–Trinajstić information content (AvgIpc) is 2.74. The molecule has 30 heavy (non-hydrogen) atoms. The summed E-state index contributed by atoms with van der Waals surface area (Å²) in [6, 6.07) is 11.8. The molecule has 2 aromatic carbocycles. The Kier molecular flexibility index (Phi) is 6.87. The van der Waals surface area contributed by atoms with Crippen LogP contribution < -0.4 is 19.7 Å². The van der Waals surface area contributed by atoms with Crippen LogP contribution in [0.15, 0.2) is 47.4 Å². The van der Waals surface area contributed by atoms with Crippen LogP contribution in [0.1, 0.15) is 33.1 Å². The van der Waals surface area contributed by atoms with Crippen LogP contribution in [0.25, 0.3) is 0 Å². The number of carbonyl (C=O) groups is 1. The normalized spacial score (nSPS) is 14.5. The molecule has 162 valence electrons. The largest absolute Gasteiger partial charge is 0.497 e. The van der Waals surface area contributed by atoms with Crippen molar-refractivity contribution in [1.29, 1.82) is 0 Å². The highest BCUT2D eigenvalue weighted by atomic mass is 32.2. The summed E-state index contributed by atoms with van der Waals surface area (Å²) in [6.07, 6.45) is 3.19. The van der Waals surface area contributed by atoms with Crippen molar-refractivity contribution in [2.75, 3.05) is 35.1 Å². The Labute approximate surface area is 178 Å². The van der Waals surface area contributed by atoms with Gasteiger partial charge in [0.05, 0.1) is 12.8 Å². The molecule has 1 aliphatic heterocycles. The van der Waals surface area contributed by atoms with Gasteiger partial charge in [-0.3, -0.25) is 9.52 Å². The van der Waals surface area contributed by atoms with Crippen LogP contribution in [-0.4, -0.2) is 34.5 Å². The number of hydrogen-bond donors (Lipinski definition) is 2. The van der Waals surface area contributed by atoms with Gasteiger partial charge in [-0.15, -0.1) is 0 Å². The van der Waals surface area contributed by atoms with Gasteiger partial charge in [-0.2, -0.15) is 0 Å². The molecule has 0 atom stereocenters. The molecule has 2 N–H and O–H groups in total. The zero-order valence-electron chi connectivity index (χ0n) is 17.6. The van der Waals surface area contributed by atoms with Gasteiger partial charge in [0.25, 0.3) is 10.0 Å². The van der Waals surface area contributed by atoms with Crippen molar-refractivity contribution < 1.29 is 17.9 Å². The molecule has 1 aliphatic rings. The lowest BCUT2D eigenvalue weighted by Crippen LogP contribution is -2.31. The highest BCUT2D eigenvalue weighted by molar-refractivity contribution is 7.92. The van der Waals surface area contributed by atoms with Gasteiger partial charge in [0.15, 0.2) is 0 Å². The van der Waals surface area contributed by atoms with Crippen LogP contribution in [0.3, 0.4) is 0 Å². The van der Waals surface area contributed by atoms with Gasteiger partial charge in [0, 0.05) is 30.4 Å². The van der Waals surface area contributed by atoms with Crippen LogP contribution in [-0.2, 0) is 14.8 Å². The predicted octanol–water partition coefficient (Wildman–Crippen LogP) is 4.08. The molecular weight excluding hydrogens is 402 g/mol. The van der Waals surface area contributed by atoms with E-state index in [0.29, 0.717) is 22.8 Å². The van der Waals surface area contributed by atoms with Gasteiger partial charge >= 0.3 is 0 Å². The lowest BCUT2D eigenvalue weighted by Gasteiger charge is -2.30. The molecule has 0 spiro atoms. The van der Waals surface area contributed by atoms with Crippen LogP contribution >= 0.6 is 0 Å². The Balaban J connectivity index is 1.97. The minimum atomic E-state index is -3.88. The van der Waals surface area contributed by atoms with Gasteiger partial charge in [0.1, 0.15) is 10.6 Å². The predicted molar refractivity (Wildman–Crippen MR) is 120 cm³/mol. The van der Waals surface area contributed by atoms with E-state index in [0.717, 1.165) is 32.4 Å². The van der Waals surface area contributed by atoms with Crippen LogP contribution in [0.4, 0.5) is 17.1 Å². The minimum Gasteiger partial charge on any atom is -0.497 e. The zero-order valence-corrected chi connectivity index (χ0v) is 18.5.